The fourth-order valence-electron chi connectivity index (χ4n) is 2.67. The number of aromatic nitrogens is 3. The van der Waals surface area contributed by atoms with Crippen LogP contribution in [0.1, 0.15) is 39.0 Å². The Bertz CT molecular complexity index is 466. The van der Waals surface area contributed by atoms with Crippen LogP contribution in [0.5, 0.6) is 0 Å². The number of hydrogen-bond acceptors (Lipinski definition) is 7. The van der Waals surface area contributed by atoms with Crippen LogP contribution in [0.4, 0.5) is 17.8 Å². The first kappa shape index (κ1) is 13.4. The molecule has 0 atom stereocenters. The van der Waals surface area contributed by atoms with Crippen LogP contribution >= 0.6 is 0 Å². The van der Waals surface area contributed by atoms with E-state index in [1.807, 2.05) is 0 Å². The van der Waals surface area contributed by atoms with Gasteiger partial charge in [-0.2, -0.15) is 15.0 Å². The van der Waals surface area contributed by atoms with E-state index < -0.39 is 0 Å². The third-order valence-electron chi connectivity index (χ3n) is 4.47. The van der Waals surface area contributed by atoms with Crippen LogP contribution in [-0.4, -0.2) is 34.6 Å². The molecule has 7 nitrogen and oxygen atoms in total. The van der Waals surface area contributed by atoms with Crippen molar-refractivity contribution >= 4 is 17.8 Å². The van der Waals surface area contributed by atoms with Gasteiger partial charge in [0.25, 0.3) is 0 Å². The van der Waals surface area contributed by atoms with Gasteiger partial charge in [-0.15, -0.1) is 0 Å². The van der Waals surface area contributed by atoms with E-state index in [1.165, 1.54) is 32.1 Å². The van der Waals surface area contributed by atoms with Crippen LogP contribution < -0.4 is 21.5 Å². The molecule has 4 N–H and O–H groups in total. The average molecular weight is 277 g/mol. The molecule has 3 rings (SSSR count). The second kappa shape index (κ2) is 5.40. The van der Waals surface area contributed by atoms with Crippen LogP contribution in [-0.2, 0) is 0 Å². The van der Waals surface area contributed by atoms with Gasteiger partial charge in [-0.1, -0.05) is 6.92 Å². The standard InChI is InChI=1S/C13H23N7/c1-2-13(5-6-13)9-15-10-16-11(19-14)18-12(17-10)20-7-3-4-8-20/h2-9,14H2,1H3,(H2,15,16,17,18,19). The molecule has 1 aromatic heterocycles. The second-order valence-corrected chi connectivity index (χ2v) is 5.83. The molecule has 0 amide bonds. The summed E-state index contributed by atoms with van der Waals surface area (Å²) in [6.07, 6.45) is 6.18. The first-order chi connectivity index (χ1) is 9.74. The molecule has 0 unspecified atom stereocenters. The molecular weight excluding hydrogens is 254 g/mol. The number of anilines is 3. The van der Waals surface area contributed by atoms with Crippen molar-refractivity contribution in [2.24, 2.45) is 11.3 Å². The van der Waals surface area contributed by atoms with Gasteiger partial charge in [0.05, 0.1) is 0 Å². The van der Waals surface area contributed by atoms with E-state index in [1.54, 1.807) is 0 Å². The summed E-state index contributed by atoms with van der Waals surface area (Å²) in [5.74, 6) is 7.22. The van der Waals surface area contributed by atoms with Gasteiger partial charge in [0.2, 0.25) is 17.8 Å². The molecule has 2 fully saturated rings. The summed E-state index contributed by atoms with van der Waals surface area (Å²) in [6.45, 7) is 5.18. The third kappa shape index (κ3) is 2.77. The number of nitrogens with zero attached hydrogens (tertiary/aromatic N) is 4. The number of nitrogen functional groups attached to an aromatic ring is 1. The van der Waals surface area contributed by atoms with Crippen molar-refractivity contribution < 1.29 is 0 Å². The Morgan fingerprint density at radius 2 is 1.85 bits per heavy atom. The highest BCUT2D eigenvalue weighted by molar-refractivity contribution is 5.44. The monoisotopic (exact) mass is 277 g/mol. The molecule has 2 aliphatic rings. The van der Waals surface area contributed by atoms with Gasteiger partial charge >= 0.3 is 0 Å². The Labute approximate surface area is 119 Å². The van der Waals surface area contributed by atoms with Crippen molar-refractivity contribution in [2.75, 3.05) is 35.3 Å². The zero-order chi connectivity index (χ0) is 14.0. The Morgan fingerprint density at radius 1 is 1.15 bits per heavy atom. The molecule has 0 aromatic carbocycles. The van der Waals surface area contributed by atoms with Crippen LogP contribution in [0.2, 0.25) is 0 Å². The number of nitrogens with two attached hydrogens (primary N) is 1. The molecule has 0 bridgehead atoms. The van der Waals surface area contributed by atoms with Gasteiger partial charge < -0.3 is 10.2 Å². The van der Waals surface area contributed by atoms with Crippen LogP contribution in [0.15, 0.2) is 0 Å². The van der Waals surface area contributed by atoms with Crippen LogP contribution in [0.3, 0.4) is 0 Å². The van der Waals surface area contributed by atoms with Crippen molar-refractivity contribution in [1.82, 2.24) is 15.0 Å². The van der Waals surface area contributed by atoms with Crippen LogP contribution in [0, 0.1) is 5.41 Å². The lowest BCUT2D eigenvalue weighted by Crippen LogP contribution is -2.24. The minimum atomic E-state index is 0.422. The van der Waals surface area contributed by atoms with E-state index in [2.05, 4.69) is 37.5 Å². The molecular formula is C13H23N7. The highest BCUT2D eigenvalue weighted by atomic mass is 15.4. The summed E-state index contributed by atoms with van der Waals surface area (Å²) in [5.41, 5.74) is 2.98. The first-order valence-corrected chi connectivity index (χ1v) is 7.46. The third-order valence-corrected chi connectivity index (χ3v) is 4.47. The lowest BCUT2D eigenvalue weighted by atomic mass is 10.0. The summed E-state index contributed by atoms with van der Waals surface area (Å²) >= 11 is 0. The topological polar surface area (TPSA) is 92.0 Å². The average Bonchev–Trinajstić information content (AvgIpc) is 3.06. The van der Waals surface area contributed by atoms with Gasteiger partial charge in [0, 0.05) is 19.6 Å². The van der Waals surface area contributed by atoms with Crippen molar-refractivity contribution in [3.63, 3.8) is 0 Å². The fraction of sp³-hybridized carbons (Fsp3) is 0.769. The van der Waals surface area contributed by atoms with E-state index >= 15 is 0 Å². The predicted molar refractivity (Wildman–Crippen MR) is 79.5 cm³/mol. The number of nitrogens with one attached hydrogen (secondary N) is 2. The zero-order valence-corrected chi connectivity index (χ0v) is 12.0. The molecule has 20 heavy (non-hydrogen) atoms. The Balaban J connectivity index is 1.73. The normalized spacial score (nSPS) is 20.0. The Kier molecular flexibility index (Phi) is 3.60. The SMILES string of the molecule is CCC1(CNc2nc(NN)nc(N3CCCC3)n2)CC1. The van der Waals surface area contributed by atoms with E-state index in [-0.39, 0.29) is 0 Å². The van der Waals surface area contributed by atoms with E-state index in [9.17, 15) is 0 Å². The Hall–Kier alpha value is -1.63. The largest absolute Gasteiger partial charge is 0.353 e. The summed E-state index contributed by atoms with van der Waals surface area (Å²) in [4.78, 5) is 15.3. The maximum atomic E-state index is 5.46. The summed E-state index contributed by atoms with van der Waals surface area (Å²) in [6, 6.07) is 0. The number of hydrazine groups is 1. The molecule has 1 aliphatic carbocycles. The van der Waals surface area contributed by atoms with Crippen molar-refractivity contribution in [3.05, 3.63) is 0 Å². The van der Waals surface area contributed by atoms with Gasteiger partial charge in [0.1, 0.15) is 0 Å². The zero-order valence-electron chi connectivity index (χ0n) is 12.0. The predicted octanol–water partition coefficient (Wildman–Crippen LogP) is 1.36. The van der Waals surface area contributed by atoms with Gasteiger partial charge in [-0.3, -0.25) is 5.43 Å². The number of rotatable bonds is 6. The lowest BCUT2D eigenvalue weighted by molar-refractivity contribution is 0.519. The Morgan fingerprint density at radius 3 is 2.45 bits per heavy atom. The molecule has 1 saturated heterocycles. The van der Waals surface area contributed by atoms with E-state index in [4.69, 9.17) is 5.84 Å². The molecule has 1 aliphatic heterocycles. The molecule has 110 valence electrons. The fourth-order valence-corrected chi connectivity index (χ4v) is 2.67. The van der Waals surface area contributed by atoms with Gasteiger partial charge in [-0.05, 0) is 37.5 Å². The minimum Gasteiger partial charge on any atom is -0.353 e. The maximum absolute atomic E-state index is 5.46. The maximum Gasteiger partial charge on any atom is 0.243 e. The molecule has 0 spiro atoms. The quantitative estimate of drug-likeness (QED) is 0.534. The van der Waals surface area contributed by atoms with Crippen molar-refractivity contribution in [2.45, 2.75) is 39.0 Å². The lowest BCUT2D eigenvalue weighted by Gasteiger charge is -2.18. The number of hydrogen-bond donors (Lipinski definition) is 3. The molecule has 7 heteroatoms. The van der Waals surface area contributed by atoms with Crippen molar-refractivity contribution in [1.29, 1.82) is 0 Å². The second-order valence-electron chi connectivity index (χ2n) is 5.83. The molecule has 0 radical (unpaired) electrons. The van der Waals surface area contributed by atoms with Gasteiger partial charge in [-0.25, -0.2) is 5.84 Å². The summed E-state index contributed by atoms with van der Waals surface area (Å²) < 4.78 is 0. The summed E-state index contributed by atoms with van der Waals surface area (Å²) in [5, 5.41) is 3.35. The molecule has 1 saturated carbocycles. The molecule has 1 aromatic rings. The highest BCUT2D eigenvalue weighted by Gasteiger charge is 2.40. The smallest absolute Gasteiger partial charge is 0.243 e. The first-order valence-electron chi connectivity index (χ1n) is 7.46. The van der Waals surface area contributed by atoms with Gasteiger partial charge in [0.15, 0.2) is 0 Å². The highest BCUT2D eigenvalue weighted by Crippen LogP contribution is 2.48. The minimum absolute atomic E-state index is 0.422. The van der Waals surface area contributed by atoms with E-state index in [0.717, 1.165) is 19.6 Å². The van der Waals surface area contributed by atoms with E-state index in [0.29, 0.717) is 23.3 Å². The summed E-state index contributed by atoms with van der Waals surface area (Å²) in [7, 11) is 0. The van der Waals surface area contributed by atoms with Crippen molar-refractivity contribution in [3.8, 4) is 0 Å². The molecule has 2 heterocycles. The van der Waals surface area contributed by atoms with Crippen LogP contribution in [0.25, 0.3) is 0 Å².